The lowest BCUT2D eigenvalue weighted by atomic mass is 9.83. The molecule has 2 aromatic rings. The smallest absolute Gasteiger partial charge is 0.328 e. The molecular formula is C25H32BrN3O3S. The van der Waals surface area contributed by atoms with Crippen LogP contribution in [-0.4, -0.2) is 71.5 Å². The Labute approximate surface area is 210 Å². The maximum atomic E-state index is 13.6. The van der Waals surface area contributed by atoms with Crippen molar-refractivity contribution in [3.05, 3.63) is 52.5 Å². The Morgan fingerprint density at radius 3 is 2.52 bits per heavy atom. The first kappa shape index (κ1) is 24.5. The quantitative estimate of drug-likeness (QED) is 0.298. The molecule has 0 aliphatic carbocycles. The zero-order chi connectivity index (χ0) is 22.0. The number of quaternary nitrogens is 1. The molecule has 33 heavy (non-hydrogen) atoms. The van der Waals surface area contributed by atoms with Gasteiger partial charge in [-0.3, -0.25) is 9.69 Å². The molecule has 8 heteroatoms. The summed E-state index contributed by atoms with van der Waals surface area (Å²) in [6.07, 6.45) is 7.10. The number of carbonyl (C=O) groups excluding carboxylic acids is 2. The fourth-order valence-electron chi connectivity index (χ4n) is 5.83. The normalized spacial score (nSPS) is 28.0. The minimum atomic E-state index is -0.336. The van der Waals surface area contributed by atoms with Crippen molar-refractivity contribution in [2.24, 2.45) is 5.92 Å². The number of ether oxygens (including phenoxy) is 1. The molecule has 4 fully saturated rings. The van der Waals surface area contributed by atoms with Gasteiger partial charge in [-0.05, 0) is 31.5 Å². The van der Waals surface area contributed by atoms with E-state index in [2.05, 4.69) is 9.88 Å². The van der Waals surface area contributed by atoms with Gasteiger partial charge in [0.05, 0.1) is 13.1 Å². The van der Waals surface area contributed by atoms with Crippen LogP contribution in [0.15, 0.2) is 41.9 Å². The van der Waals surface area contributed by atoms with Gasteiger partial charge in [0.15, 0.2) is 11.1 Å². The molecule has 4 aliphatic heterocycles. The molecule has 0 N–H and O–H groups in total. The van der Waals surface area contributed by atoms with Crippen LogP contribution in [0.1, 0.15) is 53.5 Å². The van der Waals surface area contributed by atoms with Crippen LogP contribution in [0.5, 0.6) is 0 Å². The number of rotatable bonds is 7. The highest BCUT2D eigenvalue weighted by Crippen LogP contribution is 2.37. The topological polar surface area (TPSA) is 59.5 Å². The average Bonchev–Trinajstić information content (AvgIpc) is 3.37. The van der Waals surface area contributed by atoms with E-state index < -0.39 is 0 Å². The third-order valence-corrected chi connectivity index (χ3v) is 8.37. The molecule has 1 aromatic heterocycles. The van der Waals surface area contributed by atoms with Gasteiger partial charge in [-0.2, -0.15) is 0 Å². The second kappa shape index (κ2) is 10.8. The van der Waals surface area contributed by atoms with Gasteiger partial charge in [0, 0.05) is 30.3 Å². The summed E-state index contributed by atoms with van der Waals surface area (Å²) in [6.45, 7) is 5.06. The monoisotopic (exact) mass is 533 g/mol. The number of aromatic nitrogens is 1. The van der Waals surface area contributed by atoms with Crippen molar-refractivity contribution in [1.82, 2.24) is 9.88 Å². The summed E-state index contributed by atoms with van der Waals surface area (Å²) in [5.74, 6) is 0.397. The summed E-state index contributed by atoms with van der Waals surface area (Å²) in [7, 11) is 0. The van der Waals surface area contributed by atoms with Gasteiger partial charge < -0.3 is 26.2 Å². The molecule has 6 rings (SSSR count). The summed E-state index contributed by atoms with van der Waals surface area (Å²) < 4.78 is 7.00. The number of Topliss-reactive ketones (excluding diaryl/α,β-unsaturated/α-hetero) is 1. The molecule has 178 valence electrons. The summed E-state index contributed by atoms with van der Waals surface area (Å²) >= 11 is 1.41. The molecule has 0 saturated carbocycles. The standard InChI is InChI=1S/C25H32N3O3S.BrH/c29-21(24-26-11-16-32-24)17-28-14-9-19(10-15-28)22(18-28)31-25(30)23(20-7-3-1-4-8-20)27-12-5-2-6-13-27;/h1,3-4,7-8,11,16,19,22-23H,2,5-6,9-10,12-15,17-18H2;1H/q+1;/p-1. The first-order chi connectivity index (χ1) is 15.6. The Bertz CT molecular complexity index is 926. The molecule has 1 aromatic carbocycles. The minimum absolute atomic E-state index is 0. The summed E-state index contributed by atoms with van der Waals surface area (Å²) in [5, 5.41) is 2.44. The van der Waals surface area contributed by atoms with Crippen LogP contribution in [0.3, 0.4) is 0 Å². The highest BCUT2D eigenvalue weighted by atomic mass is 79.9. The van der Waals surface area contributed by atoms with E-state index in [-0.39, 0.29) is 40.9 Å². The number of halogens is 1. The number of carbonyl (C=O) groups is 2. The lowest BCUT2D eigenvalue weighted by Gasteiger charge is -2.51. The van der Waals surface area contributed by atoms with Crippen molar-refractivity contribution in [1.29, 1.82) is 0 Å². The third-order valence-electron chi connectivity index (χ3n) is 7.55. The number of fused-ring (bicyclic) bond motifs is 3. The second-order valence-electron chi connectivity index (χ2n) is 9.61. The number of hydrogen-bond donors (Lipinski definition) is 0. The van der Waals surface area contributed by atoms with Crippen molar-refractivity contribution < 1.29 is 35.8 Å². The van der Waals surface area contributed by atoms with E-state index >= 15 is 0 Å². The Kier molecular flexibility index (Phi) is 7.99. The molecule has 4 saturated heterocycles. The molecule has 2 atom stereocenters. The Morgan fingerprint density at radius 2 is 1.85 bits per heavy atom. The lowest BCUT2D eigenvalue weighted by Crippen LogP contribution is -3.00. The van der Waals surface area contributed by atoms with E-state index in [1.807, 2.05) is 35.7 Å². The molecule has 6 nitrogen and oxygen atoms in total. The van der Waals surface area contributed by atoms with Crippen LogP contribution < -0.4 is 17.0 Å². The molecule has 0 amide bonds. The number of benzene rings is 1. The van der Waals surface area contributed by atoms with Crippen molar-refractivity contribution in [3.63, 3.8) is 0 Å². The lowest BCUT2D eigenvalue weighted by molar-refractivity contribution is -0.938. The van der Waals surface area contributed by atoms with Gasteiger partial charge in [0.1, 0.15) is 19.1 Å². The average molecular weight is 535 g/mol. The molecule has 2 unspecified atom stereocenters. The van der Waals surface area contributed by atoms with Gasteiger partial charge in [-0.25, -0.2) is 9.78 Å². The number of esters is 1. The Hall–Kier alpha value is -1.61. The highest BCUT2D eigenvalue weighted by Gasteiger charge is 2.49. The van der Waals surface area contributed by atoms with Crippen molar-refractivity contribution >= 4 is 23.1 Å². The van der Waals surface area contributed by atoms with Crippen LogP contribution in [0.2, 0.25) is 0 Å². The first-order valence-electron chi connectivity index (χ1n) is 11.9. The minimum Gasteiger partial charge on any atom is -1.00 e. The molecular weight excluding hydrogens is 502 g/mol. The summed E-state index contributed by atoms with van der Waals surface area (Å²) in [6, 6.07) is 9.73. The van der Waals surface area contributed by atoms with E-state index in [9.17, 15) is 9.59 Å². The van der Waals surface area contributed by atoms with Gasteiger partial charge in [0.25, 0.3) is 0 Å². The third kappa shape index (κ3) is 5.39. The molecule has 5 heterocycles. The maximum absolute atomic E-state index is 13.6. The predicted molar refractivity (Wildman–Crippen MR) is 123 cm³/mol. The Balaban J connectivity index is 0.00000259. The van der Waals surface area contributed by atoms with Gasteiger partial charge >= 0.3 is 5.97 Å². The fourth-order valence-corrected chi connectivity index (χ4v) is 6.40. The largest absolute Gasteiger partial charge is 1.00 e. The molecule has 0 radical (unpaired) electrons. The Morgan fingerprint density at radius 1 is 1.12 bits per heavy atom. The van der Waals surface area contributed by atoms with E-state index in [0.29, 0.717) is 17.5 Å². The van der Waals surface area contributed by atoms with Crippen LogP contribution in [0.4, 0.5) is 0 Å². The van der Waals surface area contributed by atoms with Crippen molar-refractivity contribution in [3.8, 4) is 0 Å². The number of ketones is 1. The van der Waals surface area contributed by atoms with Crippen LogP contribution in [-0.2, 0) is 9.53 Å². The second-order valence-corrected chi connectivity index (χ2v) is 10.5. The number of piperidine rings is 4. The zero-order valence-electron chi connectivity index (χ0n) is 18.9. The SMILES string of the molecule is O=C(C[N+]12CCC(CC1)C(OC(=O)C(c1ccccc1)N1CCCCC1)C2)c1nccs1.[Br-]. The van der Waals surface area contributed by atoms with E-state index in [1.165, 1.54) is 17.8 Å². The molecule has 2 bridgehead atoms. The zero-order valence-corrected chi connectivity index (χ0v) is 21.3. The fraction of sp³-hybridized carbons (Fsp3) is 0.560. The number of likely N-dealkylation sites (tertiary alicyclic amines) is 1. The first-order valence-corrected chi connectivity index (χ1v) is 12.8. The van der Waals surface area contributed by atoms with Crippen LogP contribution in [0, 0.1) is 5.92 Å². The predicted octanol–water partition coefficient (Wildman–Crippen LogP) is 0.709. The number of nitrogens with zero attached hydrogens (tertiary/aromatic N) is 3. The summed E-state index contributed by atoms with van der Waals surface area (Å²) in [5.41, 5.74) is 1.02. The maximum Gasteiger partial charge on any atom is 0.328 e. The van der Waals surface area contributed by atoms with E-state index in [0.717, 1.165) is 68.5 Å². The molecule has 0 spiro atoms. The van der Waals surface area contributed by atoms with E-state index in [4.69, 9.17) is 4.74 Å². The van der Waals surface area contributed by atoms with Gasteiger partial charge in [-0.15, -0.1) is 11.3 Å². The molecule has 4 aliphatic rings. The van der Waals surface area contributed by atoms with Crippen LogP contribution >= 0.6 is 11.3 Å². The number of thiazole rings is 1. The summed E-state index contributed by atoms with van der Waals surface area (Å²) in [4.78, 5) is 32.9. The van der Waals surface area contributed by atoms with Gasteiger partial charge in [0.2, 0.25) is 5.78 Å². The van der Waals surface area contributed by atoms with Crippen molar-refractivity contribution in [2.45, 2.75) is 44.2 Å². The van der Waals surface area contributed by atoms with E-state index in [1.54, 1.807) is 6.20 Å². The highest BCUT2D eigenvalue weighted by molar-refractivity contribution is 7.11. The van der Waals surface area contributed by atoms with Crippen LogP contribution in [0.25, 0.3) is 0 Å². The van der Waals surface area contributed by atoms with Gasteiger partial charge in [-0.1, -0.05) is 36.8 Å². The van der Waals surface area contributed by atoms with Crippen molar-refractivity contribution in [2.75, 3.05) is 39.3 Å². The number of hydrogen-bond acceptors (Lipinski definition) is 6.